The van der Waals surface area contributed by atoms with E-state index in [0.717, 1.165) is 11.0 Å². The molecule has 0 bridgehead atoms. The molecule has 1 N–H and O–H groups in total. The summed E-state index contributed by atoms with van der Waals surface area (Å²) in [5.41, 5.74) is 3.56. The highest BCUT2D eigenvalue weighted by Gasteiger charge is 2.38. The monoisotopic (exact) mass is 572 g/mol. The van der Waals surface area contributed by atoms with E-state index in [1.165, 1.54) is 21.0 Å². The fourth-order valence-electron chi connectivity index (χ4n) is 4.53. The molecule has 36 heavy (non-hydrogen) atoms. The van der Waals surface area contributed by atoms with Crippen molar-refractivity contribution in [2.45, 2.75) is 37.4 Å². The quantitative estimate of drug-likeness (QED) is 0.430. The number of hydrogen-bond donors (Lipinski definition) is 1. The third kappa shape index (κ3) is 6.01. The standard InChI is InChI=1S/C28H33BrN2O4S/c1-20-16-31(21(2)19-32)36(33,34)28-14-13-25(29)15-26(28)35-27(20)18-30(3)17-22-9-11-24(12-10-22)23-7-5-4-6-8-23/h4-15,20-21,27,32H,16-19H2,1-3H3/t20-,21-,27-/m1/s1. The van der Waals surface area contributed by atoms with Crippen molar-refractivity contribution in [3.8, 4) is 16.9 Å². The first-order valence-electron chi connectivity index (χ1n) is 12.1. The van der Waals surface area contributed by atoms with E-state index in [-0.39, 0.29) is 30.1 Å². The Kier molecular flexibility index (Phi) is 8.52. The third-order valence-corrected chi connectivity index (χ3v) is 9.15. The Morgan fingerprint density at radius 3 is 2.42 bits per heavy atom. The van der Waals surface area contributed by atoms with Crippen molar-refractivity contribution in [3.63, 3.8) is 0 Å². The normalized spacial score (nSPS) is 20.7. The Morgan fingerprint density at radius 2 is 1.75 bits per heavy atom. The Balaban J connectivity index is 1.54. The maximum absolute atomic E-state index is 13.4. The number of aliphatic hydroxyl groups excluding tert-OH is 1. The van der Waals surface area contributed by atoms with Crippen LogP contribution in [0.25, 0.3) is 11.1 Å². The number of aliphatic hydroxyl groups is 1. The van der Waals surface area contributed by atoms with Gasteiger partial charge in [0.2, 0.25) is 10.0 Å². The zero-order chi connectivity index (χ0) is 25.9. The van der Waals surface area contributed by atoms with Crippen LogP contribution in [0.4, 0.5) is 0 Å². The molecular weight excluding hydrogens is 540 g/mol. The molecule has 8 heteroatoms. The van der Waals surface area contributed by atoms with Gasteiger partial charge >= 0.3 is 0 Å². The van der Waals surface area contributed by atoms with E-state index in [1.807, 2.05) is 32.2 Å². The highest BCUT2D eigenvalue weighted by atomic mass is 79.9. The summed E-state index contributed by atoms with van der Waals surface area (Å²) in [5, 5.41) is 9.77. The second kappa shape index (κ2) is 11.4. The topological polar surface area (TPSA) is 70.1 Å². The summed E-state index contributed by atoms with van der Waals surface area (Å²) in [5.74, 6) is 0.237. The van der Waals surface area contributed by atoms with E-state index in [2.05, 4.69) is 57.2 Å². The summed E-state index contributed by atoms with van der Waals surface area (Å²) < 4.78 is 35.4. The Labute approximate surface area is 222 Å². The van der Waals surface area contributed by atoms with Gasteiger partial charge in [0.15, 0.2) is 0 Å². The van der Waals surface area contributed by atoms with Gasteiger partial charge in [-0.3, -0.25) is 4.90 Å². The summed E-state index contributed by atoms with van der Waals surface area (Å²) in [7, 11) is -1.77. The number of fused-ring (bicyclic) bond motifs is 1. The molecule has 1 aliphatic rings. The maximum atomic E-state index is 13.4. The van der Waals surface area contributed by atoms with Gasteiger partial charge in [0.1, 0.15) is 16.7 Å². The summed E-state index contributed by atoms with van der Waals surface area (Å²) in [6.07, 6.45) is -0.240. The van der Waals surface area contributed by atoms with Crippen molar-refractivity contribution in [1.82, 2.24) is 9.21 Å². The van der Waals surface area contributed by atoms with E-state index < -0.39 is 16.1 Å². The molecule has 4 rings (SSSR count). The molecule has 0 aliphatic carbocycles. The SMILES string of the molecule is C[C@@H]1CN([C@H](C)CO)S(=O)(=O)c2ccc(Br)cc2O[C@@H]1CN(C)Cc1ccc(-c2ccccc2)cc1. The Bertz CT molecular complexity index is 1270. The second-order valence-corrected chi connectivity index (χ2v) is 12.4. The predicted molar refractivity (Wildman–Crippen MR) is 146 cm³/mol. The molecular formula is C28H33BrN2O4S. The van der Waals surface area contributed by atoms with Crippen LogP contribution in [0, 0.1) is 5.92 Å². The largest absolute Gasteiger partial charge is 0.487 e. The first-order valence-corrected chi connectivity index (χ1v) is 14.3. The molecule has 192 valence electrons. The molecule has 3 aromatic rings. The van der Waals surface area contributed by atoms with E-state index in [4.69, 9.17) is 4.74 Å². The highest BCUT2D eigenvalue weighted by Crippen LogP contribution is 2.35. The van der Waals surface area contributed by atoms with Crippen molar-refractivity contribution < 1.29 is 18.3 Å². The minimum atomic E-state index is -3.82. The molecule has 0 unspecified atom stereocenters. The summed E-state index contributed by atoms with van der Waals surface area (Å²) >= 11 is 3.44. The van der Waals surface area contributed by atoms with Gasteiger partial charge in [-0.25, -0.2) is 8.42 Å². The van der Waals surface area contributed by atoms with Crippen molar-refractivity contribution >= 4 is 26.0 Å². The number of ether oxygens (including phenoxy) is 1. The van der Waals surface area contributed by atoms with Crippen LogP contribution in [0.15, 0.2) is 82.2 Å². The van der Waals surface area contributed by atoms with Crippen molar-refractivity contribution in [1.29, 1.82) is 0 Å². The molecule has 1 heterocycles. The second-order valence-electron chi connectivity index (χ2n) is 9.59. The summed E-state index contributed by atoms with van der Waals surface area (Å²) in [6.45, 7) is 5.11. The van der Waals surface area contributed by atoms with Gasteiger partial charge in [-0.15, -0.1) is 0 Å². The van der Waals surface area contributed by atoms with E-state index in [1.54, 1.807) is 25.1 Å². The molecule has 0 fully saturated rings. The van der Waals surface area contributed by atoms with Crippen LogP contribution < -0.4 is 4.74 Å². The van der Waals surface area contributed by atoms with Crippen molar-refractivity contribution in [2.75, 3.05) is 26.7 Å². The lowest BCUT2D eigenvalue weighted by molar-refractivity contribution is 0.0733. The molecule has 0 radical (unpaired) electrons. The number of rotatable bonds is 7. The zero-order valence-corrected chi connectivity index (χ0v) is 23.2. The van der Waals surface area contributed by atoms with Gasteiger partial charge in [-0.2, -0.15) is 4.31 Å². The van der Waals surface area contributed by atoms with Crippen LogP contribution in [0.1, 0.15) is 19.4 Å². The average Bonchev–Trinajstić information content (AvgIpc) is 2.86. The van der Waals surface area contributed by atoms with Gasteiger partial charge in [-0.1, -0.05) is 77.5 Å². The molecule has 0 spiro atoms. The minimum absolute atomic E-state index is 0.0937. The minimum Gasteiger partial charge on any atom is -0.487 e. The average molecular weight is 574 g/mol. The van der Waals surface area contributed by atoms with Gasteiger partial charge < -0.3 is 9.84 Å². The van der Waals surface area contributed by atoms with E-state index in [0.29, 0.717) is 12.3 Å². The van der Waals surface area contributed by atoms with Crippen molar-refractivity contribution in [2.24, 2.45) is 5.92 Å². The van der Waals surface area contributed by atoms with E-state index in [9.17, 15) is 13.5 Å². The number of halogens is 1. The molecule has 1 aliphatic heterocycles. The number of hydrogen-bond acceptors (Lipinski definition) is 5. The fraction of sp³-hybridized carbons (Fsp3) is 0.357. The molecule has 0 saturated heterocycles. The van der Waals surface area contributed by atoms with Gasteiger partial charge in [0.05, 0.1) is 6.61 Å². The van der Waals surface area contributed by atoms with Crippen LogP contribution in [0.2, 0.25) is 0 Å². The number of benzene rings is 3. The highest BCUT2D eigenvalue weighted by molar-refractivity contribution is 9.10. The molecule has 3 atom stereocenters. The first kappa shape index (κ1) is 26.8. The smallest absolute Gasteiger partial charge is 0.247 e. The fourth-order valence-corrected chi connectivity index (χ4v) is 6.70. The van der Waals surface area contributed by atoms with Crippen LogP contribution in [0.5, 0.6) is 5.75 Å². The third-order valence-electron chi connectivity index (χ3n) is 6.63. The van der Waals surface area contributed by atoms with Crippen LogP contribution >= 0.6 is 15.9 Å². The molecule has 0 saturated carbocycles. The van der Waals surface area contributed by atoms with E-state index >= 15 is 0 Å². The Hall–Kier alpha value is -2.23. The predicted octanol–water partition coefficient (Wildman–Crippen LogP) is 5.02. The van der Waals surface area contributed by atoms with Crippen LogP contribution in [-0.2, 0) is 16.6 Å². The lowest BCUT2D eigenvalue weighted by Gasteiger charge is -2.37. The molecule has 3 aromatic carbocycles. The summed E-state index contributed by atoms with van der Waals surface area (Å²) in [6, 6.07) is 23.3. The molecule has 0 aromatic heterocycles. The molecule has 6 nitrogen and oxygen atoms in total. The van der Waals surface area contributed by atoms with Crippen molar-refractivity contribution in [3.05, 3.63) is 82.8 Å². The number of nitrogens with zero attached hydrogens (tertiary/aromatic N) is 2. The first-order chi connectivity index (χ1) is 17.2. The molecule has 0 amide bonds. The van der Waals surface area contributed by atoms with Crippen LogP contribution in [-0.4, -0.2) is 61.6 Å². The zero-order valence-electron chi connectivity index (χ0n) is 20.8. The lowest BCUT2D eigenvalue weighted by atomic mass is 10.0. The summed E-state index contributed by atoms with van der Waals surface area (Å²) in [4.78, 5) is 2.33. The maximum Gasteiger partial charge on any atom is 0.247 e. The Morgan fingerprint density at radius 1 is 1.08 bits per heavy atom. The lowest BCUT2D eigenvalue weighted by Crippen LogP contribution is -2.49. The van der Waals surface area contributed by atoms with Crippen LogP contribution in [0.3, 0.4) is 0 Å². The number of sulfonamides is 1. The van der Waals surface area contributed by atoms with Gasteiger partial charge in [0.25, 0.3) is 0 Å². The van der Waals surface area contributed by atoms with Gasteiger partial charge in [-0.05, 0) is 48.9 Å². The van der Waals surface area contributed by atoms with Gasteiger partial charge in [0, 0.05) is 36.1 Å². The number of likely N-dealkylation sites (N-methyl/N-ethyl adjacent to an activating group) is 1.